The number of allylic oxidation sites excluding steroid dienone is 5. The van der Waals surface area contributed by atoms with Crippen molar-refractivity contribution in [2.75, 3.05) is 0 Å². The van der Waals surface area contributed by atoms with Crippen LogP contribution in [0.5, 0.6) is 11.5 Å². The van der Waals surface area contributed by atoms with Crippen LogP contribution in [0.4, 0.5) is 0 Å². The zero-order valence-corrected chi connectivity index (χ0v) is 31.1. The van der Waals surface area contributed by atoms with Gasteiger partial charge in [0.1, 0.15) is 11.5 Å². The molecule has 0 fully saturated rings. The molecule has 1 atom stereocenters. The van der Waals surface area contributed by atoms with Crippen molar-refractivity contribution in [1.82, 2.24) is 15.0 Å². The predicted molar refractivity (Wildman–Crippen MR) is 230 cm³/mol. The first-order valence-electron chi connectivity index (χ1n) is 19.8. The molecule has 4 aliphatic rings. The minimum atomic E-state index is -0.391. The van der Waals surface area contributed by atoms with Crippen LogP contribution >= 0.6 is 0 Å². The second kappa shape index (κ2) is 12.4. The number of nitrogens with zero attached hydrogens (tertiary/aromatic N) is 3. The molecular formula is C53H35N3O. The van der Waals surface area contributed by atoms with Gasteiger partial charge in [-0.25, -0.2) is 15.0 Å². The van der Waals surface area contributed by atoms with Gasteiger partial charge >= 0.3 is 0 Å². The Morgan fingerprint density at radius 1 is 0.491 bits per heavy atom. The third-order valence-electron chi connectivity index (χ3n) is 12.3. The summed E-state index contributed by atoms with van der Waals surface area (Å²) in [6.45, 7) is 0. The minimum Gasteiger partial charge on any atom is -0.457 e. The number of ether oxygens (including phenoxy) is 1. The zero-order valence-electron chi connectivity index (χ0n) is 31.1. The monoisotopic (exact) mass is 729 g/mol. The minimum absolute atomic E-state index is 0.391. The van der Waals surface area contributed by atoms with Crippen molar-refractivity contribution >= 4 is 22.4 Å². The lowest BCUT2D eigenvalue weighted by molar-refractivity contribution is 0.432. The van der Waals surface area contributed by atoms with Gasteiger partial charge in [-0.1, -0.05) is 152 Å². The molecule has 1 aliphatic heterocycles. The molecule has 3 aliphatic carbocycles. The molecule has 0 N–H and O–H groups in total. The van der Waals surface area contributed by atoms with E-state index < -0.39 is 5.41 Å². The Balaban J connectivity index is 0.958. The van der Waals surface area contributed by atoms with Crippen LogP contribution in [0.2, 0.25) is 0 Å². The van der Waals surface area contributed by atoms with Crippen molar-refractivity contribution in [2.24, 2.45) is 0 Å². The van der Waals surface area contributed by atoms with Crippen molar-refractivity contribution in [2.45, 2.75) is 24.7 Å². The molecule has 0 amide bonds. The Hall–Kier alpha value is -7.17. The van der Waals surface area contributed by atoms with Crippen LogP contribution in [-0.4, -0.2) is 15.0 Å². The molecule has 1 aromatic heterocycles. The van der Waals surface area contributed by atoms with Crippen LogP contribution in [0, 0.1) is 0 Å². The highest BCUT2D eigenvalue weighted by atomic mass is 16.5. The SMILES string of the molecule is C1=CC2=C(CC1)C1(c3ccccc3Oc3cc(-c4ccc(-c5nc(-c6ccccc6)nc(-c6cc7c8c(cccc8c6)CC=C7)n5)cc4)ccc31)c1ccccc12. The van der Waals surface area contributed by atoms with Crippen molar-refractivity contribution in [3.05, 3.63) is 209 Å². The number of rotatable bonds is 4. The van der Waals surface area contributed by atoms with Crippen LogP contribution in [-0.2, 0) is 11.8 Å². The van der Waals surface area contributed by atoms with Crippen LogP contribution < -0.4 is 4.74 Å². The summed E-state index contributed by atoms with van der Waals surface area (Å²) >= 11 is 0. The molecule has 1 unspecified atom stereocenters. The fourth-order valence-electron chi connectivity index (χ4n) is 9.80. The molecule has 0 saturated heterocycles. The number of para-hydroxylation sites is 1. The Morgan fingerprint density at radius 3 is 2.05 bits per heavy atom. The molecule has 4 nitrogen and oxygen atoms in total. The number of hydrogen-bond acceptors (Lipinski definition) is 4. The van der Waals surface area contributed by atoms with E-state index in [1.54, 1.807) is 0 Å². The smallest absolute Gasteiger partial charge is 0.164 e. The Morgan fingerprint density at radius 2 is 1.19 bits per heavy atom. The van der Waals surface area contributed by atoms with Crippen LogP contribution in [0.15, 0.2) is 175 Å². The van der Waals surface area contributed by atoms with Gasteiger partial charge in [-0.15, -0.1) is 0 Å². The summed E-state index contributed by atoms with van der Waals surface area (Å²) in [6.07, 6.45) is 12.1. The molecule has 0 bridgehead atoms. The Labute approximate surface area is 331 Å². The first kappa shape index (κ1) is 32.1. The van der Waals surface area contributed by atoms with Crippen LogP contribution in [0.25, 0.3) is 67.7 Å². The van der Waals surface area contributed by atoms with Gasteiger partial charge in [0.2, 0.25) is 0 Å². The maximum Gasteiger partial charge on any atom is 0.164 e. The van der Waals surface area contributed by atoms with Gasteiger partial charge in [-0.3, -0.25) is 0 Å². The summed E-state index contributed by atoms with van der Waals surface area (Å²) < 4.78 is 6.81. The molecule has 2 heterocycles. The van der Waals surface area contributed by atoms with E-state index in [1.165, 1.54) is 55.3 Å². The Kier molecular flexibility index (Phi) is 7.00. The molecule has 0 saturated carbocycles. The van der Waals surface area contributed by atoms with Gasteiger partial charge in [0.25, 0.3) is 0 Å². The maximum absolute atomic E-state index is 6.81. The highest BCUT2D eigenvalue weighted by molar-refractivity contribution is 5.98. The van der Waals surface area contributed by atoms with Gasteiger partial charge in [0, 0.05) is 27.8 Å². The van der Waals surface area contributed by atoms with Gasteiger partial charge < -0.3 is 4.74 Å². The number of benzene rings is 7. The first-order valence-corrected chi connectivity index (χ1v) is 19.8. The largest absolute Gasteiger partial charge is 0.457 e. The predicted octanol–water partition coefficient (Wildman–Crippen LogP) is 12.8. The number of aromatic nitrogens is 3. The molecular weight excluding hydrogens is 695 g/mol. The lowest BCUT2D eigenvalue weighted by Gasteiger charge is -2.41. The molecule has 7 aromatic carbocycles. The van der Waals surface area contributed by atoms with E-state index in [0.717, 1.165) is 58.6 Å². The first-order chi connectivity index (χ1) is 28.2. The van der Waals surface area contributed by atoms with Crippen molar-refractivity contribution in [1.29, 1.82) is 0 Å². The average molecular weight is 730 g/mol. The third-order valence-corrected chi connectivity index (χ3v) is 12.3. The normalized spacial score (nSPS) is 16.9. The summed E-state index contributed by atoms with van der Waals surface area (Å²) in [5, 5.41) is 2.51. The highest BCUT2D eigenvalue weighted by Crippen LogP contribution is 2.63. The quantitative estimate of drug-likeness (QED) is 0.181. The lowest BCUT2D eigenvalue weighted by Crippen LogP contribution is -2.33. The van der Waals surface area contributed by atoms with E-state index in [2.05, 4.69) is 158 Å². The molecule has 12 rings (SSSR count). The van der Waals surface area contributed by atoms with E-state index in [9.17, 15) is 0 Å². The van der Waals surface area contributed by atoms with Crippen molar-refractivity contribution < 1.29 is 4.74 Å². The molecule has 4 heteroatoms. The van der Waals surface area contributed by atoms with E-state index in [0.29, 0.717) is 17.5 Å². The van der Waals surface area contributed by atoms with Crippen molar-refractivity contribution in [3.8, 4) is 56.8 Å². The third kappa shape index (κ3) is 4.83. The lowest BCUT2D eigenvalue weighted by atomic mass is 9.64. The molecule has 57 heavy (non-hydrogen) atoms. The van der Waals surface area contributed by atoms with Gasteiger partial charge in [0.15, 0.2) is 17.5 Å². The van der Waals surface area contributed by atoms with Crippen LogP contribution in [0.1, 0.15) is 46.2 Å². The number of fused-ring (bicyclic) bond motifs is 8. The summed E-state index contributed by atoms with van der Waals surface area (Å²) in [5.41, 5.74) is 15.1. The average Bonchev–Trinajstić information content (AvgIpc) is 3.57. The topological polar surface area (TPSA) is 47.9 Å². The number of hydrogen-bond donors (Lipinski definition) is 0. The molecule has 0 radical (unpaired) electrons. The summed E-state index contributed by atoms with van der Waals surface area (Å²) in [7, 11) is 0. The summed E-state index contributed by atoms with van der Waals surface area (Å²) in [6, 6.07) is 54.1. The van der Waals surface area contributed by atoms with Crippen LogP contribution in [0.3, 0.4) is 0 Å². The Bertz CT molecular complexity index is 3070. The van der Waals surface area contributed by atoms with E-state index >= 15 is 0 Å². The zero-order chi connectivity index (χ0) is 37.5. The highest BCUT2D eigenvalue weighted by Gasteiger charge is 2.51. The second-order valence-electron chi connectivity index (χ2n) is 15.4. The van der Waals surface area contributed by atoms with Gasteiger partial charge in [-0.05, 0) is 98.8 Å². The van der Waals surface area contributed by atoms with E-state index in [4.69, 9.17) is 19.7 Å². The molecule has 8 aromatic rings. The fraction of sp³-hybridized carbons (Fsp3) is 0.0755. The second-order valence-corrected chi connectivity index (χ2v) is 15.4. The van der Waals surface area contributed by atoms with Gasteiger partial charge in [0.05, 0.1) is 5.41 Å². The molecule has 268 valence electrons. The summed E-state index contributed by atoms with van der Waals surface area (Å²) in [5.74, 6) is 3.77. The maximum atomic E-state index is 6.81. The van der Waals surface area contributed by atoms with E-state index in [-0.39, 0.29) is 0 Å². The molecule has 1 spiro atoms. The van der Waals surface area contributed by atoms with Gasteiger partial charge in [-0.2, -0.15) is 0 Å². The standard InChI is InChI=1S/C53H35N3O/c1-2-12-35(13-3-1)50-54-51(56-52(55-50)40-30-38-16-10-14-34-15-11-17-39(31-40)49(34)38)36-26-24-33(25-27-36)37-28-29-46-48(32-37)57-47-23-9-8-22-45(47)53(46)43-20-6-4-18-41(43)42-19-5-7-21-44(42)53/h1-6,8-14,16-20,22-32H,7,15,21H2. The summed E-state index contributed by atoms with van der Waals surface area (Å²) in [4.78, 5) is 15.2. The van der Waals surface area contributed by atoms with Crippen molar-refractivity contribution in [3.63, 3.8) is 0 Å². The van der Waals surface area contributed by atoms with E-state index in [1.807, 2.05) is 18.2 Å². The fourth-order valence-corrected chi connectivity index (χ4v) is 9.80.